The maximum absolute atomic E-state index is 12.7. The maximum Gasteiger partial charge on any atom is 0.329 e. The number of aromatic nitrogens is 1. The lowest BCUT2D eigenvalue weighted by molar-refractivity contribution is -0.150. The lowest BCUT2D eigenvalue weighted by Gasteiger charge is -2.37. The Morgan fingerprint density at radius 1 is 1.19 bits per heavy atom. The lowest BCUT2D eigenvalue weighted by Crippen LogP contribution is -2.42. The molecule has 6 nitrogen and oxygen atoms in total. The van der Waals surface area contributed by atoms with Gasteiger partial charge in [0.25, 0.3) is 0 Å². The third kappa shape index (κ3) is 6.33. The van der Waals surface area contributed by atoms with E-state index < -0.39 is 12.0 Å². The van der Waals surface area contributed by atoms with Gasteiger partial charge in [0.15, 0.2) is 0 Å². The van der Waals surface area contributed by atoms with Gasteiger partial charge in [-0.3, -0.25) is 4.79 Å². The number of hydrogen-bond acceptors (Lipinski definition) is 4. The summed E-state index contributed by atoms with van der Waals surface area (Å²) in [6.07, 6.45) is 5.99. The number of rotatable bonds is 9. The number of esters is 1. The minimum absolute atomic E-state index is 0.193. The molecule has 1 amide bonds. The first-order chi connectivity index (χ1) is 14.8. The zero-order valence-corrected chi connectivity index (χ0v) is 19.1. The molecule has 0 saturated heterocycles. The number of fused-ring (bicyclic) bond motifs is 1. The van der Waals surface area contributed by atoms with Crippen LogP contribution in [0.1, 0.15) is 52.5 Å². The van der Waals surface area contributed by atoms with Crippen molar-refractivity contribution >= 4 is 22.8 Å². The van der Waals surface area contributed by atoms with Crippen LogP contribution in [0.25, 0.3) is 10.9 Å². The molecule has 1 aromatic heterocycles. The Bertz CT molecular complexity index is 875. The molecule has 31 heavy (non-hydrogen) atoms. The molecular formula is C25H36N2O4. The average Bonchev–Trinajstić information content (AvgIpc) is 3.13. The van der Waals surface area contributed by atoms with E-state index >= 15 is 0 Å². The van der Waals surface area contributed by atoms with Crippen molar-refractivity contribution in [1.82, 2.24) is 10.3 Å². The molecule has 3 rings (SSSR count). The first-order valence-corrected chi connectivity index (χ1v) is 11.5. The summed E-state index contributed by atoms with van der Waals surface area (Å²) in [4.78, 5) is 27.6. The highest BCUT2D eigenvalue weighted by Gasteiger charge is 2.31. The number of para-hydroxylation sites is 1. The quantitative estimate of drug-likeness (QED) is 0.463. The van der Waals surface area contributed by atoms with E-state index in [9.17, 15) is 9.59 Å². The predicted octanol–water partition coefficient (Wildman–Crippen LogP) is 4.24. The van der Waals surface area contributed by atoms with Crippen LogP contribution in [0.15, 0.2) is 30.5 Å². The number of amides is 1. The highest BCUT2D eigenvalue weighted by molar-refractivity contribution is 5.86. The molecule has 1 saturated carbocycles. The van der Waals surface area contributed by atoms with Crippen molar-refractivity contribution in [3.8, 4) is 0 Å². The fraction of sp³-hybridized carbons (Fsp3) is 0.600. The summed E-state index contributed by atoms with van der Waals surface area (Å²) in [5.41, 5.74) is 1.97. The van der Waals surface area contributed by atoms with Gasteiger partial charge in [0.2, 0.25) is 5.91 Å². The van der Waals surface area contributed by atoms with Gasteiger partial charge >= 0.3 is 5.97 Å². The van der Waals surface area contributed by atoms with E-state index in [2.05, 4.69) is 31.1 Å². The van der Waals surface area contributed by atoms with E-state index in [4.69, 9.17) is 9.47 Å². The molecule has 6 heteroatoms. The molecule has 1 aliphatic carbocycles. The third-order valence-corrected chi connectivity index (χ3v) is 6.38. The molecule has 2 aromatic rings. The van der Waals surface area contributed by atoms with E-state index in [-0.39, 0.29) is 18.6 Å². The van der Waals surface area contributed by atoms with E-state index in [1.54, 1.807) is 0 Å². The maximum atomic E-state index is 12.7. The van der Waals surface area contributed by atoms with Crippen molar-refractivity contribution in [2.24, 2.45) is 17.8 Å². The molecule has 1 fully saturated rings. The smallest absolute Gasteiger partial charge is 0.329 e. The van der Waals surface area contributed by atoms with Crippen molar-refractivity contribution < 1.29 is 19.1 Å². The Morgan fingerprint density at radius 3 is 2.71 bits per heavy atom. The van der Waals surface area contributed by atoms with E-state index in [0.717, 1.165) is 22.9 Å². The van der Waals surface area contributed by atoms with E-state index in [1.165, 1.54) is 19.8 Å². The van der Waals surface area contributed by atoms with E-state index in [1.807, 2.05) is 30.5 Å². The summed E-state index contributed by atoms with van der Waals surface area (Å²) in [7, 11) is 0. The number of hydrogen-bond donors (Lipinski definition) is 2. The molecule has 0 bridgehead atoms. The number of aromatic amines is 1. The molecule has 1 aromatic carbocycles. The molecule has 2 N–H and O–H groups in total. The molecule has 1 heterocycles. The van der Waals surface area contributed by atoms with Crippen LogP contribution in [-0.2, 0) is 25.5 Å². The third-order valence-electron chi connectivity index (χ3n) is 6.38. The fourth-order valence-electron chi connectivity index (χ4n) is 4.71. The fourth-order valence-corrected chi connectivity index (χ4v) is 4.71. The molecule has 3 unspecified atom stereocenters. The Hall–Kier alpha value is -2.34. The van der Waals surface area contributed by atoms with Gasteiger partial charge in [-0.2, -0.15) is 0 Å². The Labute approximate surface area is 185 Å². The zero-order valence-electron chi connectivity index (χ0n) is 19.1. The van der Waals surface area contributed by atoms with Gasteiger partial charge in [0, 0.05) is 30.4 Å². The van der Waals surface area contributed by atoms with Crippen LogP contribution >= 0.6 is 0 Å². The first kappa shape index (κ1) is 23.3. The monoisotopic (exact) mass is 428 g/mol. The summed E-state index contributed by atoms with van der Waals surface area (Å²) >= 11 is 0. The van der Waals surface area contributed by atoms with Crippen LogP contribution in [0.5, 0.6) is 0 Å². The topological polar surface area (TPSA) is 80.4 Å². The SMILES string of the molecule is CC(=O)N[C@@H](Cc1c[nH]c2ccccc12)C(=O)OCCOC1CC(C)CCC1C(C)C. The zero-order chi connectivity index (χ0) is 22.4. The summed E-state index contributed by atoms with van der Waals surface area (Å²) in [6.45, 7) is 8.76. The standard InChI is InChI=1S/C25H36N2O4/c1-16(2)20-10-9-17(3)13-24(20)30-11-12-31-25(29)23(27-18(4)28)14-19-15-26-22-8-6-5-7-21(19)22/h5-8,15-17,20,23-24,26H,9-14H2,1-4H3,(H,27,28)/t17?,20?,23-,24?/m0/s1. The van der Waals surface area contributed by atoms with Crippen molar-refractivity contribution in [1.29, 1.82) is 0 Å². The van der Waals surface area contributed by atoms with E-state index in [0.29, 0.717) is 30.8 Å². The number of H-pyrrole nitrogens is 1. The van der Waals surface area contributed by atoms with Crippen molar-refractivity contribution in [2.45, 2.75) is 65.5 Å². The number of ether oxygens (including phenoxy) is 2. The number of nitrogens with one attached hydrogen (secondary N) is 2. The van der Waals surface area contributed by atoms with Gasteiger partial charge < -0.3 is 19.8 Å². The predicted molar refractivity (Wildman–Crippen MR) is 122 cm³/mol. The average molecular weight is 429 g/mol. The normalized spacial score (nSPS) is 22.4. The summed E-state index contributed by atoms with van der Waals surface area (Å²) in [6, 6.07) is 7.17. The number of carbonyl (C=O) groups is 2. The van der Waals surface area contributed by atoms with Crippen LogP contribution in [0.2, 0.25) is 0 Å². The van der Waals surface area contributed by atoms with Gasteiger partial charge in [0.05, 0.1) is 12.7 Å². The van der Waals surface area contributed by atoms with Gasteiger partial charge in [-0.05, 0) is 42.2 Å². The van der Waals surface area contributed by atoms with Crippen LogP contribution < -0.4 is 5.32 Å². The van der Waals surface area contributed by atoms with Crippen LogP contribution in [-0.4, -0.2) is 42.2 Å². The molecule has 0 radical (unpaired) electrons. The molecule has 0 spiro atoms. The second kappa shape index (κ2) is 10.8. The second-order valence-electron chi connectivity index (χ2n) is 9.22. The van der Waals surface area contributed by atoms with Gasteiger partial charge in [0.1, 0.15) is 12.6 Å². The molecule has 1 aliphatic rings. The molecule has 0 aliphatic heterocycles. The Kier molecular flexibility index (Phi) is 8.13. The van der Waals surface area contributed by atoms with Crippen molar-refractivity contribution in [3.63, 3.8) is 0 Å². The van der Waals surface area contributed by atoms with Gasteiger partial charge in [-0.1, -0.05) is 45.4 Å². The number of carbonyl (C=O) groups excluding carboxylic acids is 2. The minimum atomic E-state index is -0.727. The largest absolute Gasteiger partial charge is 0.462 e. The highest BCUT2D eigenvalue weighted by atomic mass is 16.6. The summed E-state index contributed by atoms with van der Waals surface area (Å²) < 4.78 is 11.6. The van der Waals surface area contributed by atoms with Crippen LogP contribution in [0.4, 0.5) is 0 Å². The molecule has 170 valence electrons. The van der Waals surface area contributed by atoms with Crippen molar-refractivity contribution in [2.75, 3.05) is 13.2 Å². The highest BCUT2D eigenvalue weighted by Crippen LogP contribution is 2.35. The first-order valence-electron chi connectivity index (χ1n) is 11.5. The number of benzene rings is 1. The molecule has 4 atom stereocenters. The minimum Gasteiger partial charge on any atom is -0.462 e. The Morgan fingerprint density at radius 2 is 1.97 bits per heavy atom. The lowest BCUT2D eigenvalue weighted by atomic mass is 9.75. The van der Waals surface area contributed by atoms with Crippen molar-refractivity contribution in [3.05, 3.63) is 36.0 Å². The second-order valence-corrected chi connectivity index (χ2v) is 9.22. The Balaban J connectivity index is 1.54. The summed E-state index contributed by atoms with van der Waals surface area (Å²) in [5, 5.41) is 3.77. The van der Waals surface area contributed by atoms with Crippen LogP contribution in [0.3, 0.4) is 0 Å². The summed E-state index contributed by atoms with van der Waals surface area (Å²) in [5.74, 6) is 1.12. The molecular weight excluding hydrogens is 392 g/mol. The van der Waals surface area contributed by atoms with Gasteiger partial charge in [-0.15, -0.1) is 0 Å². The van der Waals surface area contributed by atoms with Crippen LogP contribution in [0, 0.1) is 17.8 Å². The van der Waals surface area contributed by atoms with Gasteiger partial charge in [-0.25, -0.2) is 4.79 Å².